The molecule has 1 aromatic heterocycles. The largest absolute Gasteiger partial charge is 0.357 e. The van der Waals surface area contributed by atoms with Gasteiger partial charge in [0.1, 0.15) is 0 Å². The van der Waals surface area contributed by atoms with Crippen molar-refractivity contribution in [2.75, 3.05) is 27.2 Å². The van der Waals surface area contributed by atoms with Crippen LogP contribution in [0.25, 0.3) is 0 Å². The highest BCUT2D eigenvalue weighted by Crippen LogP contribution is 2.12. The third-order valence-corrected chi connectivity index (χ3v) is 6.21. The summed E-state index contributed by atoms with van der Waals surface area (Å²) >= 11 is 1.76. The molecule has 2 aromatic rings. The van der Waals surface area contributed by atoms with Gasteiger partial charge >= 0.3 is 0 Å². The predicted octanol–water partition coefficient (Wildman–Crippen LogP) is 2.30. The molecule has 0 unspecified atom stereocenters. The summed E-state index contributed by atoms with van der Waals surface area (Å²) in [6, 6.07) is 11.1. The third-order valence-electron chi connectivity index (χ3n) is 3.86. The highest BCUT2D eigenvalue weighted by molar-refractivity contribution is 7.89. The smallest absolute Gasteiger partial charge is 0.240 e. The van der Waals surface area contributed by atoms with Gasteiger partial charge in [-0.2, -0.15) is 0 Å². The average molecular weight is 395 g/mol. The quantitative estimate of drug-likeness (QED) is 0.532. The second-order valence-electron chi connectivity index (χ2n) is 5.78. The van der Waals surface area contributed by atoms with E-state index in [1.54, 1.807) is 29.5 Å². The second-order valence-corrected chi connectivity index (χ2v) is 8.69. The van der Waals surface area contributed by atoms with Gasteiger partial charge in [0.05, 0.1) is 11.4 Å². The van der Waals surface area contributed by atoms with Crippen molar-refractivity contribution in [1.29, 1.82) is 0 Å². The molecule has 26 heavy (non-hydrogen) atoms. The van der Waals surface area contributed by atoms with Crippen LogP contribution in [0.3, 0.4) is 0 Å². The van der Waals surface area contributed by atoms with Crippen molar-refractivity contribution >= 4 is 27.3 Å². The van der Waals surface area contributed by atoms with E-state index in [0.717, 1.165) is 31.0 Å². The van der Waals surface area contributed by atoms with E-state index in [1.165, 1.54) is 11.9 Å². The molecule has 2 rings (SSSR count). The summed E-state index contributed by atoms with van der Waals surface area (Å²) in [4.78, 5) is 8.35. The number of nitrogens with one attached hydrogen (secondary N) is 2. The molecule has 0 bridgehead atoms. The van der Waals surface area contributed by atoms with Gasteiger partial charge in [-0.05, 0) is 49.5 Å². The first-order valence-corrected chi connectivity index (χ1v) is 10.9. The van der Waals surface area contributed by atoms with E-state index >= 15 is 0 Å². The van der Waals surface area contributed by atoms with Crippen LogP contribution in [0.2, 0.25) is 0 Å². The zero-order chi connectivity index (χ0) is 19.0. The lowest BCUT2D eigenvalue weighted by molar-refractivity contribution is 0.486. The van der Waals surface area contributed by atoms with Crippen molar-refractivity contribution < 1.29 is 8.42 Å². The molecule has 0 aliphatic heterocycles. The van der Waals surface area contributed by atoms with Gasteiger partial charge in [0, 0.05) is 25.0 Å². The zero-order valence-corrected chi connectivity index (χ0v) is 17.0. The minimum atomic E-state index is -3.44. The van der Waals surface area contributed by atoms with Gasteiger partial charge in [-0.1, -0.05) is 18.2 Å². The monoisotopic (exact) mass is 394 g/mol. The van der Waals surface area contributed by atoms with E-state index in [9.17, 15) is 8.42 Å². The molecule has 0 fully saturated rings. The number of hydrogen-bond donors (Lipinski definition) is 2. The molecule has 0 atom stereocenters. The Hall–Kier alpha value is -1.90. The highest BCUT2D eigenvalue weighted by atomic mass is 32.2. The number of aliphatic imine (C=N–C) groups is 1. The number of rotatable bonds is 8. The molecule has 142 valence electrons. The molecule has 0 amide bonds. The van der Waals surface area contributed by atoms with Gasteiger partial charge in [0.15, 0.2) is 5.96 Å². The summed E-state index contributed by atoms with van der Waals surface area (Å²) in [6.07, 6.45) is 0.967. The maximum Gasteiger partial charge on any atom is 0.240 e. The Morgan fingerprint density at radius 1 is 1.27 bits per heavy atom. The van der Waals surface area contributed by atoms with E-state index in [0.29, 0.717) is 6.54 Å². The summed E-state index contributed by atoms with van der Waals surface area (Å²) in [5.41, 5.74) is 0.850. The Morgan fingerprint density at radius 2 is 2.08 bits per heavy atom. The van der Waals surface area contributed by atoms with E-state index in [1.807, 2.05) is 20.0 Å². The van der Waals surface area contributed by atoms with Crippen LogP contribution in [0.15, 0.2) is 51.7 Å². The molecule has 0 saturated heterocycles. The zero-order valence-electron chi connectivity index (χ0n) is 15.4. The molecule has 0 saturated carbocycles. The molecule has 0 aliphatic carbocycles. The van der Waals surface area contributed by atoms with Gasteiger partial charge in [-0.3, -0.25) is 0 Å². The molecule has 0 radical (unpaired) electrons. The molecular formula is C18H26N4O2S2. The first kappa shape index (κ1) is 20.4. The van der Waals surface area contributed by atoms with Crippen molar-refractivity contribution in [3.05, 3.63) is 52.2 Å². The Morgan fingerprint density at radius 3 is 2.73 bits per heavy atom. The fourth-order valence-corrected chi connectivity index (χ4v) is 3.90. The Labute approximate surface area is 160 Å². The van der Waals surface area contributed by atoms with Crippen molar-refractivity contribution in [3.8, 4) is 0 Å². The van der Waals surface area contributed by atoms with Crippen molar-refractivity contribution in [2.24, 2.45) is 4.99 Å². The van der Waals surface area contributed by atoms with Crippen LogP contribution in [0, 0.1) is 0 Å². The van der Waals surface area contributed by atoms with Crippen LogP contribution < -0.4 is 10.0 Å². The third kappa shape index (κ3) is 5.82. The molecular weight excluding hydrogens is 368 g/mol. The average Bonchev–Trinajstić information content (AvgIpc) is 3.17. The summed E-state index contributed by atoms with van der Waals surface area (Å²) in [6.45, 7) is 4.08. The first-order chi connectivity index (χ1) is 12.5. The summed E-state index contributed by atoms with van der Waals surface area (Å²) in [7, 11) is -0.0233. The fourth-order valence-electron chi connectivity index (χ4n) is 2.40. The summed E-state index contributed by atoms with van der Waals surface area (Å²) in [5.74, 6) is 0.811. The number of nitrogens with zero attached hydrogens (tertiary/aromatic N) is 2. The van der Waals surface area contributed by atoms with Crippen LogP contribution in [0.4, 0.5) is 0 Å². The number of hydrogen-bond acceptors (Lipinski definition) is 4. The first-order valence-electron chi connectivity index (χ1n) is 8.50. The van der Waals surface area contributed by atoms with Crippen LogP contribution in [-0.2, 0) is 23.0 Å². The second kappa shape index (κ2) is 9.70. The minimum Gasteiger partial charge on any atom is -0.357 e. The topological polar surface area (TPSA) is 73.8 Å². The fraction of sp³-hybridized carbons (Fsp3) is 0.389. The van der Waals surface area contributed by atoms with Crippen molar-refractivity contribution in [2.45, 2.75) is 24.8 Å². The highest BCUT2D eigenvalue weighted by Gasteiger charge is 2.11. The molecule has 1 heterocycles. The maximum atomic E-state index is 11.9. The molecule has 0 spiro atoms. The number of benzene rings is 1. The van der Waals surface area contributed by atoms with Crippen LogP contribution in [0.5, 0.6) is 0 Å². The molecule has 8 heteroatoms. The van der Waals surface area contributed by atoms with Gasteiger partial charge < -0.3 is 10.2 Å². The lowest BCUT2D eigenvalue weighted by Gasteiger charge is -2.21. The molecule has 0 aliphatic rings. The normalized spacial score (nSPS) is 12.2. The minimum absolute atomic E-state index is 0.253. The molecule has 1 aromatic carbocycles. The van der Waals surface area contributed by atoms with Crippen LogP contribution in [0.1, 0.15) is 17.4 Å². The predicted molar refractivity (Wildman–Crippen MR) is 108 cm³/mol. The van der Waals surface area contributed by atoms with Crippen molar-refractivity contribution in [3.63, 3.8) is 0 Å². The van der Waals surface area contributed by atoms with Gasteiger partial charge in [0.25, 0.3) is 0 Å². The molecule has 6 nitrogen and oxygen atoms in total. The lowest BCUT2D eigenvalue weighted by Crippen LogP contribution is -2.39. The van der Waals surface area contributed by atoms with Gasteiger partial charge in [0.2, 0.25) is 10.0 Å². The van der Waals surface area contributed by atoms with Crippen LogP contribution in [-0.4, -0.2) is 46.5 Å². The maximum absolute atomic E-state index is 11.9. The van der Waals surface area contributed by atoms with E-state index in [-0.39, 0.29) is 4.90 Å². The Bertz CT molecular complexity index is 817. The Kier molecular flexibility index (Phi) is 7.62. The lowest BCUT2D eigenvalue weighted by atomic mass is 10.2. The molecule has 2 N–H and O–H groups in total. The summed E-state index contributed by atoms with van der Waals surface area (Å²) < 4.78 is 26.2. The van der Waals surface area contributed by atoms with E-state index in [2.05, 4.69) is 37.4 Å². The van der Waals surface area contributed by atoms with Crippen LogP contribution >= 0.6 is 11.3 Å². The standard InChI is InChI=1S/C18H26N4O2S2/c1-4-20-18(22(3)11-10-16-8-6-12-25-16)21-14-15-7-5-9-17(13-15)26(23,24)19-2/h5-9,12-13,19H,4,10-11,14H2,1-3H3,(H,20,21). The van der Waals surface area contributed by atoms with E-state index in [4.69, 9.17) is 0 Å². The van der Waals surface area contributed by atoms with Gasteiger partial charge in [-0.15, -0.1) is 11.3 Å². The number of sulfonamides is 1. The number of thiophene rings is 1. The number of guanidine groups is 1. The SMILES string of the molecule is CCNC(=NCc1cccc(S(=O)(=O)NC)c1)N(C)CCc1cccs1. The van der Waals surface area contributed by atoms with Crippen molar-refractivity contribution in [1.82, 2.24) is 14.9 Å². The number of likely N-dealkylation sites (N-methyl/N-ethyl adjacent to an activating group) is 1. The van der Waals surface area contributed by atoms with Gasteiger partial charge in [-0.25, -0.2) is 18.1 Å². The summed E-state index contributed by atoms with van der Waals surface area (Å²) in [5, 5.41) is 5.37. The Balaban J connectivity index is 2.07. The van der Waals surface area contributed by atoms with E-state index < -0.39 is 10.0 Å².